The van der Waals surface area contributed by atoms with Crippen LogP contribution in [0.1, 0.15) is 36.0 Å². The molecule has 110 valence electrons. The SMILES string of the molecule is COc1ccc(Cl)cc1C(=O)N1CCCCC1CCN. The third-order valence-electron chi connectivity index (χ3n) is 3.78. The Balaban J connectivity index is 2.26. The van der Waals surface area contributed by atoms with Crippen molar-refractivity contribution in [3.05, 3.63) is 28.8 Å². The molecule has 1 aromatic rings. The van der Waals surface area contributed by atoms with Crippen LogP contribution in [0.15, 0.2) is 18.2 Å². The number of piperidine rings is 1. The van der Waals surface area contributed by atoms with Crippen LogP contribution in [-0.4, -0.2) is 37.0 Å². The maximum Gasteiger partial charge on any atom is 0.257 e. The maximum absolute atomic E-state index is 12.8. The summed E-state index contributed by atoms with van der Waals surface area (Å²) in [6, 6.07) is 5.36. The maximum atomic E-state index is 12.8. The molecule has 1 heterocycles. The molecule has 1 atom stereocenters. The van der Waals surface area contributed by atoms with Crippen LogP contribution in [-0.2, 0) is 0 Å². The van der Waals surface area contributed by atoms with Crippen LogP contribution < -0.4 is 10.5 Å². The predicted molar refractivity (Wildman–Crippen MR) is 80.4 cm³/mol. The second-order valence-electron chi connectivity index (χ2n) is 5.07. The van der Waals surface area contributed by atoms with E-state index < -0.39 is 0 Å². The molecule has 0 aliphatic carbocycles. The summed E-state index contributed by atoms with van der Waals surface area (Å²) < 4.78 is 5.28. The summed E-state index contributed by atoms with van der Waals surface area (Å²) in [7, 11) is 1.56. The van der Waals surface area contributed by atoms with Gasteiger partial charge in [0.15, 0.2) is 0 Å². The van der Waals surface area contributed by atoms with Gasteiger partial charge in [0.25, 0.3) is 5.91 Å². The van der Waals surface area contributed by atoms with Gasteiger partial charge in [0.1, 0.15) is 5.75 Å². The minimum atomic E-state index is -0.0116. The smallest absolute Gasteiger partial charge is 0.257 e. The molecule has 1 saturated heterocycles. The Kier molecular flexibility index (Phi) is 5.26. The average Bonchev–Trinajstić information content (AvgIpc) is 2.47. The topological polar surface area (TPSA) is 55.6 Å². The van der Waals surface area contributed by atoms with E-state index in [9.17, 15) is 4.79 Å². The molecule has 1 aliphatic rings. The number of nitrogens with two attached hydrogens (primary N) is 1. The molecule has 2 N–H and O–H groups in total. The molecule has 20 heavy (non-hydrogen) atoms. The fraction of sp³-hybridized carbons (Fsp3) is 0.533. The zero-order valence-electron chi connectivity index (χ0n) is 11.8. The molecule has 0 saturated carbocycles. The van der Waals surface area contributed by atoms with Gasteiger partial charge < -0.3 is 15.4 Å². The van der Waals surface area contributed by atoms with Crippen LogP contribution in [0, 0.1) is 0 Å². The molecular formula is C15H21ClN2O2. The quantitative estimate of drug-likeness (QED) is 0.929. The van der Waals surface area contributed by atoms with Crippen molar-refractivity contribution in [3.8, 4) is 5.75 Å². The van der Waals surface area contributed by atoms with Gasteiger partial charge in [-0.1, -0.05) is 11.6 Å². The highest BCUT2D eigenvalue weighted by molar-refractivity contribution is 6.31. The minimum absolute atomic E-state index is 0.0116. The van der Waals surface area contributed by atoms with Crippen LogP contribution >= 0.6 is 11.6 Å². The molecule has 1 aliphatic heterocycles. The van der Waals surface area contributed by atoms with Crippen molar-refractivity contribution < 1.29 is 9.53 Å². The third-order valence-corrected chi connectivity index (χ3v) is 4.01. The number of rotatable bonds is 4. The van der Waals surface area contributed by atoms with E-state index in [-0.39, 0.29) is 11.9 Å². The number of likely N-dealkylation sites (tertiary alicyclic amines) is 1. The second kappa shape index (κ2) is 6.95. The van der Waals surface area contributed by atoms with Gasteiger partial charge in [-0.15, -0.1) is 0 Å². The monoisotopic (exact) mass is 296 g/mol. The van der Waals surface area contributed by atoms with Crippen molar-refractivity contribution in [1.29, 1.82) is 0 Å². The Labute approximate surface area is 124 Å². The lowest BCUT2D eigenvalue weighted by atomic mass is 9.98. The molecule has 0 aromatic heterocycles. The molecule has 1 amide bonds. The zero-order chi connectivity index (χ0) is 14.5. The van der Waals surface area contributed by atoms with E-state index in [1.165, 1.54) is 0 Å². The largest absolute Gasteiger partial charge is 0.496 e. The third kappa shape index (κ3) is 3.25. The molecule has 2 rings (SSSR count). The van der Waals surface area contributed by atoms with Crippen LogP contribution in [0.3, 0.4) is 0 Å². The summed E-state index contributed by atoms with van der Waals surface area (Å²) in [6.45, 7) is 1.38. The first-order valence-corrected chi connectivity index (χ1v) is 7.39. The van der Waals surface area contributed by atoms with E-state index >= 15 is 0 Å². The summed E-state index contributed by atoms with van der Waals surface area (Å²) in [5.74, 6) is 0.555. The van der Waals surface area contributed by atoms with Crippen LogP contribution in [0.5, 0.6) is 5.75 Å². The highest BCUT2D eigenvalue weighted by Gasteiger charge is 2.28. The Morgan fingerprint density at radius 2 is 2.30 bits per heavy atom. The van der Waals surface area contributed by atoms with Gasteiger partial charge in [-0.25, -0.2) is 0 Å². The fourth-order valence-corrected chi connectivity index (χ4v) is 2.93. The number of methoxy groups -OCH3 is 1. The molecule has 0 bridgehead atoms. The van der Waals surface area contributed by atoms with E-state index in [1.807, 2.05) is 4.90 Å². The number of amides is 1. The van der Waals surface area contributed by atoms with Crippen molar-refractivity contribution >= 4 is 17.5 Å². The molecule has 1 aromatic carbocycles. The lowest BCUT2D eigenvalue weighted by molar-refractivity contribution is 0.0601. The molecular weight excluding hydrogens is 276 g/mol. The highest BCUT2D eigenvalue weighted by atomic mass is 35.5. The van der Waals surface area contributed by atoms with Gasteiger partial charge in [0.2, 0.25) is 0 Å². The number of benzene rings is 1. The molecule has 1 fully saturated rings. The molecule has 1 unspecified atom stereocenters. The Morgan fingerprint density at radius 1 is 1.50 bits per heavy atom. The van der Waals surface area contributed by atoms with Gasteiger partial charge in [-0.2, -0.15) is 0 Å². The Hall–Kier alpha value is -1.26. The fourth-order valence-electron chi connectivity index (χ4n) is 2.76. The van der Waals surface area contributed by atoms with Gasteiger partial charge >= 0.3 is 0 Å². The number of ether oxygens (including phenoxy) is 1. The van der Waals surface area contributed by atoms with Crippen molar-refractivity contribution in [3.63, 3.8) is 0 Å². The normalized spacial score (nSPS) is 18.9. The minimum Gasteiger partial charge on any atom is -0.496 e. The molecule has 4 nitrogen and oxygen atoms in total. The predicted octanol–water partition coefficient (Wildman–Crippen LogP) is 2.69. The Morgan fingerprint density at radius 3 is 3.00 bits per heavy atom. The van der Waals surface area contributed by atoms with Gasteiger partial charge in [-0.05, 0) is 50.4 Å². The van der Waals surface area contributed by atoms with E-state index in [4.69, 9.17) is 22.1 Å². The zero-order valence-corrected chi connectivity index (χ0v) is 12.5. The summed E-state index contributed by atoms with van der Waals surface area (Å²) in [6.07, 6.45) is 4.05. The Bertz CT molecular complexity index is 477. The summed E-state index contributed by atoms with van der Waals surface area (Å²) in [4.78, 5) is 14.7. The van der Waals surface area contributed by atoms with Crippen molar-refractivity contribution in [2.45, 2.75) is 31.7 Å². The van der Waals surface area contributed by atoms with Crippen LogP contribution in [0.2, 0.25) is 5.02 Å². The van der Waals surface area contributed by atoms with Crippen LogP contribution in [0.4, 0.5) is 0 Å². The van der Waals surface area contributed by atoms with Crippen molar-refractivity contribution in [1.82, 2.24) is 4.90 Å². The number of hydrogen-bond donors (Lipinski definition) is 1. The first kappa shape index (κ1) is 15.1. The highest BCUT2D eigenvalue weighted by Crippen LogP contribution is 2.27. The van der Waals surface area contributed by atoms with Crippen LogP contribution in [0.25, 0.3) is 0 Å². The molecule has 0 spiro atoms. The number of hydrogen-bond acceptors (Lipinski definition) is 3. The first-order chi connectivity index (χ1) is 9.67. The number of nitrogens with zero attached hydrogens (tertiary/aromatic N) is 1. The lowest BCUT2D eigenvalue weighted by Crippen LogP contribution is -2.44. The van der Waals surface area contributed by atoms with Gasteiger partial charge in [0.05, 0.1) is 12.7 Å². The van der Waals surface area contributed by atoms with Crippen molar-refractivity contribution in [2.24, 2.45) is 5.73 Å². The first-order valence-electron chi connectivity index (χ1n) is 7.02. The molecule has 5 heteroatoms. The van der Waals surface area contributed by atoms with Gasteiger partial charge in [-0.3, -0.25) is 4.79 Å². The summed E-state index contributed by atoms with van der Waals surface area (Å²) in [5, 5.41) is 0.543. The average molecular weight is 297 g/mol. The number of carbonyl (C=O) groups is 1. The molecule has 0 radical (unpaired) electrons. The van der Waals surface area contributed by atoms with E-state index in [1.54, 1.807) is 25.3 Å². The van der Waals surface area contributed by atoms with E-state index in [2.05, 4.69) is 0 Å². The van der Waals surface area contributed by atoms with Gasteiger partial charge in [0, 0.05) is 17.6 Å². The summed E-state index contributed by atoms with van der Waals surface area (Å²) in [5.41, 5.74) is 6.19. The number of carbonyl (C=O) groups excluding carboxylic acids is 1. The number of halogens is 1. The second-order valence-corrected chi connectivity index (χ2v) is 5.51. The lowest BCUT2D eigenvalue weighted by Gasteiger charge is -2.36. The van der Waals surface area contributed by atoms with E-state index in [0.29, 0.717) is 22.9 Å². The standard InChI is InChI=1S/C15H21ClN2O2/c1-20-14-6-5-11(16)10-13(14)15(19)18-9-3-2-4-12(18)7-8-17/h5-6,10,12H,2-4,7-9,17H2,1H3. The summed E-state index contributed by atoms with van der Waals surface area (Å²) >= 11 is 6.01. The van der Waals surface area contributed by atoms with Crippen molar-refractivity contribution in [2.75, 3.05) is 20.2 Å². The van der Waals surface area contributed by atoms with E-state index in [0.717, 1.165) is 32.2 Å².